The Bertz CT molecular complexity index is 1810. The van der Waals surface area contributed by atoms with Crippen molar-refractivity contribution in [3.63, 3.8) is 0 Å². The Kier molecular flexibility index (Phi) is 13.2. The molecule has 266 valence electrons. The molecule has 1 aromatic carbocycles. The van der Waals surface area contributed by atoms with Gasteiger partial charge in [-0.1, -0.05) is 34.1 Å². The Balaban J connectivity index is 1.83. The molecule has 5 N–H and O–H groups in total. The summed E-state index contributed by atoms with van der Waals surface area (Å²) < 4.78 is 5.44. The van der Waals surface area contributed by atoms with Gasteiger partial charge >= 0.3 is 23.9 Å². The van der Waals surface area contributed by atoms with E-state index in [9.17, 15) is 44.4 Å². The fourth-order valence-electron chi connectivity index (χ4n) is 5.11. The summed E-state index contributed by atoms with van der Waals surface area (Å²) in [5.41, 5.74) is 3.99. The van der Waals surface area contributed by atoms with Crippen LogP contribution in [0, 0.1) is 0 Å². The molecule has 0 radical (unpaired) electrons. The molecule has 0 saturated carbocycles. The van der Waals surface area contributed by atoms with E-state index in [2.05, 4.69) is 31.2 Å². The highest BCUT2D eigenvalue weighted by Crippen LogP contribution is 2.34. The van der Waals surface area contributed by atoms with E-state index in [1.807, 2.05) is 0 Å². The number of halogens is 1. The number of hydrogen-bond acceptors (Lipinski definition) is 11. The lowest BCUT2D eigenvalue weighted by molar-refractivity contribution is -0.144. The summed E-state index contributed by atoms with van der Waals surface area (Å²) in [5.74, 6) is -4.65. The van der Waals surface area contributed by atoms with Gasteiger partial charge in [-0.15, -0.1) is 0 Å². The summed E-state index contributed by atoms with van der Waals surface area (Å²) in [7, 11) is 1.47. The number of pyridine rings is 3. The van der Waals surface area contributed by atoms with Gasteiger partial charge in [-0.05, 0) is 59.7 Å². The number of anilines is 1. The van der Waals surface area contributed by atoms with Gasteiger partial charge in [0.1, 0.15) is 5.75 Å². The summed E-state index contributed by atoms with van der Waals surface area (Å²) >= 11 is 3.14. The minimum atomic E-state index is -1.19. The monoisotopic (exact) mass is 764 g/mol. The van der Waals surface area contributed by atoms with Crippen molar-refractivity contribution in [3.05, 3.63) is 78.1 Å². The highest BCUT2D eigenvalue weighted by atomic mass is 79.9. The highest BCUT2D eigenvalue weighted by Gasteiger charge is 2.19. The van der Waals surface area contributed by atoms with Crippen molar-refractivity contribution in [2.24, 2.45) is 0 Å². The molecule has 0 spiro atoms. The molecule has 51 heavy (non-hydrogen) atoms. The number of aliphatic carboxylic acids is 4. The molecule has 3 heterocycles. The smallest absolute Gasteiger partial charge is 0.317 e. The van der Waals surface area contributed by atoms with Crippen molar-refractivity contribution >= 4 is 51.4 Å². The molecule has 1 amide bonds. The first-order valence-electron chi connectivity index (χ1n) is 15.1. The number of hydrogen-bond donors (Lipinski definition) is 5. The van der Waals surface area contributed by atoms with Gasteiger partial charge in [-0.25, -0.2) is 15.0 Å². The lowest BCUT2D eigenvalue weighted by Gasteiger charge is -2.18. The van der Waals surface area contributed by atoms with E-state index < -0.39 is 50.1 Å². The Morgan fingerprint density at radius 2 is 1.12 bits per heavy atom. The van der Waals surface area contributed by atoms with E-state index in [-0.39, 0.29) is 24.3 Å². The van der Waals surface area contributed by atoms with Crippen LogP contribution in [0.2, 0.25) is 0 Å². The Morgan fingerprint density at radius 1 is 0.647 bits per heavy atom. The van der Waals surface area contributed by atoms with Gasteiger partial charge in [0.25, 0.3) is 0 Å². The number of aromatic nitrogens is 3. The van der Waals surface area contributed by atoms with Crippen LogP contribution in [0.15, 0.2) is 66.7 Å². The lowest BCUT2D eigenvalue weighted by atomic mass is 10.0. The van der Waals surface area contributed by atoms with E-state index in [4.69, 9.17) is 9.72 Å². The summed E-state index contributed by atoms with van der Waals surface area (Å²) in [6.07, 6.45) is 0. The zero-order valence-electron chi connectivity index (χ0n) is 27.2. The van der Waals surface area contributed by atoms with Crippen LogP contribution in [-0.2, 0) is 37.1 Å². The van der Waals surface area contributed by atoms with Crippen LogP contribution in [0.3, 0.4) is 0 Å². The number of carboxylic acids is 4. The second kappa shape index (κ2) is 17.7. The van der Waals surface area contributed by atoms with Crippen molar-refractivity contribution in [3.8, 4) is 39.7 Å². The molecule has 0 unspecified atom stereocenters. The number of amides is 1. The maximum Gasteiger partial charge on any atom is 0.317 e. The molecule has 0 bridgehead atoms. The summed E-state index contributed by atoms with van der Waals surface area (Å²) in [6, 6.07) is 18.7. The first kappa shape index (κ1) is 38.0. The van der Waals surface area contributed by atoms with Gasteiger partial charge in [0.05, 0.1) is 78.5 Å². The number of carbonyl (C=O) groups excluding carboxylic acids is 1. The van der Waals surface area contributed by atoms with Gasteiger partial charge in [0, 0.05) is 13.1 Å². The van der Waals surface area contributed by atoms with Crippen LogP contribution in [0.1, 0.15) is 11.4 Å². The third-order valence-electron chi connectivity index (χ3n) is 7.10. The SMILES string of the molecule is COc1ccc(-c2cc(-c3cccc(CN(CC(=O)O)CC(=O)O)n3)nc(-c3cccc(CN(CC(=O)O)CC(=O)O)n3)c2)cc1NC(=O)CBr. The van der Waals surface area contributed by atoms with Crippen LogP contribution in [0.4, 0.5) is 5.69 Å². The minimum Gasteiger partial charge on any atom is -0.495 e. The number of benzene rings is 1. The molecule has 4 rings (SSSR count). The van der Waals surface area contributed by atoms with Crippen molar-refractivity contribution < 1.29 is 49.1 Å². The van der Waals surface area contributed by atoms with E-state index in [0.29, 0.717) is 56.7 Å². The molecule has 0 saturated heterocycles. The average molecular weight is 766 g/mol. The number of methoxy groups -OCH3 is 1. The predicted molar refractivity (Wildman–Crippen MR) is 186 cm³/mol. The van der Waals surface area contributed by atoms with Crippen LogP contribution < -0.4 is 10.1 Å². The van der Waals surface area contributed by atoms with Crippen LogP contribution in [-0.4, -0.2) is 114 Å². The predicted octanol–water partition coefficient (Wildman–Crippen LogP) is 3.16. The van der Waals surface area contributed by atoms with Crippen molar-refractivity contribution in [2.75, 3.05) is 43.9 Å². The van der Waals surface area contributed by atoms with E-state index in [1.54, 1.807) is 66.7 Å². The standard InChI is InChI=1S/C34H33BrN6O10/c1-51-29-9-8-20(10-28(29)39-30(42)13-35)21-11-26(24-6-2-4-22(36-24)14-40(16-31(43)44)17-32(45)46)38-27(12-21)25-7-3-5-23(37-25)15-41(18-33(47)48)19-34(49)50/h2-12H,13-19H2,1H3,(H,39,42)(H,43,44)(H,45,46)(H,47,48)(H,49,50). The molecule has 3 aromatic heterocycles. The van der Waals surface area contributed by atoms with Crippen molar-refractivity contribution in [2.45, 2.75) is 13.1 Å². The van der Waals surface area contributed by atoms with E-state index in [0.717, 1.165) is 0 Å². The molecular weight excluding hydrogens is 732 g/mol. The lowest BCUT2D eigenvalue weighted by Crippen LogP contribution is -2.34. The second-order valence-electron chi connectivity index (χ2n) is 11.1. The zero-order valence-corrected chi connectivity index (χ0v) is 28.7. The molecule has 0 atom stereocenters. The normalized spacial score (nSPS) is 11.0. The molecule has 17 heteroatoms. The molecule has 4 aromatic rings. The summed E-state index contributed by atoms with van der Waals surface area (Å²) in [4.78, 5) is 74.3. The first-order valence-corrected chi connectivity index (χ1v) is 16.3. The van der Waals surface area contributed by atoms with Gasteiger partial charge in [0.2, 0.25) is 5.91 Å². The molecule has 0 aliphatic heterocycles. The van der Waals surface area contributed by atoms with E-state index in [1.165, 1.54) is 16.9 Å². The van der Waals surface area contributed by atoms with Crippen LogP contribution in [0.25, 0.3) is 33.9 Å². The zero-order chi connectivity index (χ0) is 37.1. The maximum absolute atomic E-state index is 12.3. The fourth-order valence-corrected chi connectivity index (χ4v) is 5.25. The Morgan fingerprint density at radius 3 is 1.53 bits per heavy atom. The van der Waals surface area contributed by atoms with Crippen molar-refractivity contribution in [1.82, 2.24) is 24.8 Å². The number of carboxylic acid groups (broad SMARTS) is 4. The maximum atomic E-state index is 12.3. The molecule has 0 fully saturated rings. The average Bonchev–Trinajstić information content (AvgIpc) is 3.07. The third-order valence-corrected chi connectivity index (χ3v) is 7.61. The summed E-state index contributed by atoms with van der Waals surface area (Å²) in [5, 5.41) is 40.0. The molecule has 0 aliphatic carbocycles. The minimum absolute atomic E-state index is 0.0562. The van der Waals surface area contributed by atoms with Gasteiger partial charge in [-0.3, -0.25) is 33.8 Å². The van der Waals surface area contributed by atoms with Gasteiger partial charge in [-0.2, -0.15) is 0 Å². The van der Waals surface area contributed by atoms with E-state index >= 15 is 0 Å². The number of rotatable bonds is 18. The third kappa shape index (κ3) is 11.4. The Labute approximate surface area is 299 Å². The van der Waals surface area contributed by atoms with Gasteiger partial charge in [0.15, 0.2) is 0 Å². The number of alkyl halides is 1. The van der Waals surface area contributed by atoms with Crippen molar-refractivity contribution in [1.29, 1.82) is 0 Å². The number of nitrogens with one attached hydrogen (secondary N) is 1. The van der Waals surface area contributed by atoms with Crippen LogP contribution >= 0.6 is 15.9 Å². The first-order chi connectivity index (χ1) is 24.3. The highest BCUT2D eigenvalue weighted by molar-refractivity contribution is 9.09. The summed E-state index contributed by atoms with van der Waals surface area (Å²) in [6.45, 7) is -2.19. The quantitative estimate of drug-likeness (QED) is 0.0916. The fraction of sp³-hybridized carbons (Fsp3) is 0.235. The second-order valence-corrected chi connectivity index (χ2v) is 11.7. The number of nitrogens with zero attached hydrogens (tertiary/aromatic N) is 5. The number of ether oxygens (including phenoxy) is 1. The Hall–Kier alpha value is -5.78. The van der Waals surface area contributed by atoms with Crippen LogP contribution in [0.5, 0.6) is 5.75 Å². The molecule has 16 nitrogen and oxygen atoms in total. The topological polar surface area (TPSA) is 233 Å². The van der Waals surface area contributed by atoms with Gasteiger partial charge < -0.3 is 30.5 Å². The molecular formula is C34H33BrN6O10. The number of carbonyl (C=O) groups is 5. The largest absolute Gasteiger partial charge is 0.495 e. The molecule has 0 aliphatic rings.